The Hall–Kier alpha value is -3.29. The van der Waals surface area contributed by atoms with Crippen molar-refractivity contribution in [1.82, 2.24) is 19.8 Å². The molecule has 2 heterocycles. The van der Waals surface area contributed by atoms with E-state index in [9.17, 15) is 4.79 Å². The SMILES string of the molecule is CCc1cccc(CC)c1-c1nc(C)c(CN(C)[C@H]2CCCc3ccccc32)c(N2CCN(CC(N)=O)CC2)n1. The van der Waals surface area contributed by atoms with Gasteiger partial charge in [-0.1, -0.05) is 56.3 Å². The second-order valence-corrected chi connectivity index (χ2v) is 11.3. The summed E-state index contributed by atoms with van der Waals surface area (Å²) < 4.78 is 0. The van der Waals surface area contributed by atoms with E-state index in [1.807, 2.05) is 0 Å². The summed E-state index contributed by atoms with van der Waals surface area (Å²) in [4.78, 5) is 29.1. The molecule has 0 saturated carbocycles. The lowest BCUT2D eigenvalue weighted by molar-refractivity contribution is -0.119. The van der Waals surface area contributed by atoms with Crippen LogP contribution in [0.4, 0.5) is 5.82 Å². The summed E-state index contributed by atoms with van der Waals surface area (Å²) in [5.74, 6) is 1.59. The van der Waals surface area contributed by atoms with Crippen LogP contribution < -0.4 is 10.6 Å². The first-order valence-corrected chi connectivity index (χ1v) is 14.9. The van der Waals surface area contributed by atoms with Crippen LogP contribution in [0, 0.1) is 6.92 Å². The number of aromatic nitrogens is 2. The molecule has 0 spiro atoms. The van der Waals surface area contributed by atoms with Crippen molar-refractivity contribution in [2.45, 2.75) is 65.5 Å². The fraction of sp³-hybridized carbons (Fsp3) is 0.485. The maximum Gasteiger partial charge on any atom is 0.231 e. The van der Waals surface area contributed by atoms with Crippen molar-refractivity contribution in [3.8, 4) is 11.4 Å². The van der Waals surface area contributed by atoms with E-state index in [4.69, 9.17) is 15.7 Å². The molecule has 1 amide bonds. The topological polar surface area (TPSA) is 78.6 Å². The number of fused-ring (bicyclic) bond motifs is 1. The number of hydrogen-bond acceptors (Lipinski definition) is 6. The molecule has 3 aromatic rings. The number of nitrogens with two attached hydrogens (primary N) is 1. The Morgan fingerprint density at radius 3 is 2.38 bits per heavy atom. The Bertz CT molecular complexity index is 1320. The van der Waals surface area contributed by atoms with Crippen LogP contribution in [-0.4, -0.2) is 65.4 Å². The van der Waals surface area contributed by atoms with Gasteiger partial charge in [0.05, 0.1) is 6.54 Å². The molecule has 0 unspecified atom stereocenters. The number of benzene rings is 2. The summed E-state index contributed by atoms with van der Waals surface area (Å²) in [6, 6.07) is 15.9. The maximum atomic E-state index is 11.5. The quantitative estimate of drug-likeness (QED) is 0.424. The third-order valence-electron chi connectivity index (χ3n) is 8.74. The van der Waals surface area contributed by atoms with Gasteiger partial charge in [0, 0.05) is 55.6 Å². The van der Waals surface area contributed by atoms with Gasteiger partial charge in [-0.25, -0.2) is 9.97 Å². The molecule has 40 heavy (non-hydrogen) atoms. The Morgan fingerprint density at radius 1 is 1.00 bits per heavy atom. The number of amides is 1. The first kappa shape index (κ1) is 28.2. The predicted octanol–water partition coefficient (Wildman–Crippen LogP) is 4.69. The van der Waals surface area contributed by atoms with Crippen molar-refractivity contribution < 1.29 is 4.79 Å². The molecule has 5 rings (SSSR count). The molecule has 1 aliphatic carbocycles. The van der Waals surface area contributed by atoms with Gasteiger partial charge in [-0.2, -0.15) is 0 Å². The van der Waals surface area contributed by atoms with Crippen LogP contribution in [0.5, 0.6) is 0 Å². The largest absolute Gasteiger partial charge is 0.369 e. The molecule has 2 aliphatic rings. The van der Waals surface area contributed by atoms with Gasteiger partial charge in [-0.3, -0.25) is 14.6 Å². The number of hydrogen-bond donors (Lipinski definition) is 1. The van der Waals surface area contributed by atoms with Crippen LogP contribution in [-0.2, 0) is 30.6 Å². The summed E-state index contributed by atoms with van der Waals surface area (Å²) in [6.45, 7) is 10.8. The molecule has 2 aromatic carbocycles. The summed E-state index contributed by atoms with van der Waals surface area (Å²) in [5, 5.41) is 0. The van der Waals surface area contributed by atoms with Crippen LogP contribution in [0.1, 0.15) is 66.2 Å². The summed E-state index contributed by atoms with van der Waals surface area (Å²) >= 11 is 0. The molecule has 2 N–H and O–H groups in total. The second kappa shape index (κ2) is 12.5. The van der Waals surface area contributed by atoms with Gasteiger partial charge in [0.15, 0.2) is 5.82 Å². The summed E-state index contributed by atoms with van der Waals surface area (Å²) in [7, 11) is 2.25. The van der Waals surface area contributed by atoms with Crippen LogP contribution in [0.2, 0.25) is 0 Å². The summed E-state index contributed by atoms with van der Waals surface area (Å²) in [5.41, 5.74) is 14.4. The molecule has 212 valence electrons. The van der Waals surface area contributed by atoms with Crippen LogP contribution in [0.15, 0.2) is 42.5 Å². The molecular weight excluding hydrogens is 496 g/mol. The van der Waals surface area contributed by atoms with E-state index in [1.165, 1.54) is 39.8 Å². The van der Waals surface area contributed by atoms with E-state index in [0.29, 0.717) is 12.6 Å². The Morgan fingerprint density at radius 2 is 1.70 bits per heavy atom. The number of carbonyl (C=O) groups excluding carboxylic acids is 1. The Kier molecular flexibility index (Phi) is 8.81. The van der Waals surface area contributed by atoms with E-state index < -0.39 is 0 Å². The zero-order valence-corrected chi connectivity index (χ0v) is 24.6. The molecule has 0 radical (unpaired) electrons. The average molecular weight is 541 g/mol. The van der Waals surface area contributed by atoms with E-state index in [2.05, 4.69) is 85.0 Å². The molecule has 7 heteroatoms. The lowest BCUT2D eigenvalue weighted by atomic mass is 9.87. The molecule has 1 fully saturated rings. The zero-order chi connectivity index (χ0) is 28.2. The number of anilines is 1. The normalized spacial score (nSPS) is 17.7. The van der Waals surface area contributed by atoms with E-state index in [-0.39, 0.29) is 5.91 Å². The monoisotopic (exact) mass is 540 g/mol. The first-order chi connectivity index (χ1) is 19.4. The van der Waals surface area contributed by atoms with Gasteiger partial charge in [0.1, 0.15) is 5.82 Å². The summed E-state index contributed by atoms with van der Waals surface area (Å²) in [6.07, 6.45) is 5.42. The number of aryl methyl sites for hydroxylation is 4. The van der Waals surface area contributed by atoms with Crippen LogP contribution >= 0.6 is 0 Å². The molecule has 1 saturated heterocycles. The molecule has 0 bridgehead atoms. The lowest BCUT2D eigenvalue weighted by Gasteiger charge is -2.37. The van der Waals surface area contributed by atoms with E-state index in [1.54, 1.807) is 0 Å². The van der Waals surface area contributed by atoms with Gasteiger partial charge in [0.2, 0.25) is 5.91 Å². The molecule has 1 atom stereocenters. The standard InChI is InChI=1S/C33H44N6O/c1-5-24-12-9-13-25(6-2)31(24)32-35-23(3)28(33(36-32)39-19-17-38(18-20-39)22-30(34)40)21-37(4)29-16-10-14-26-11-7-8-15-27(26)29/h7-9,11-13,15,29H,5-6,10,14,16-22H2,1-4H3,(H2,34,40)/t29-/m0/s1. The van der Waals surface area contributed by atoms with Crippen LogP contribution in [0.25, 0.3) is 11.4 Å². The van der Waals surface area contributed by atoms with E-state index in [0.717, 1.165) is 75.7 Å². The number of carbonyl (C=O) groups is 1. The number of piperazine rings is 1. The van der Waals surface area contributed by atoms with Gasteiger partial charge < -0.3 is 10.6 Å². The number of primary amides is 1. The average Bonchev–Trinajstić information content (AvgIpc) is 2.97. The lowest BCUT2D eigenvalue weighted by Crippen LogP contribution is -2.49. The van der Waals surface area contributed by atoms with Crippen molar-refractivity contribution in [1.29, 1.82) is 0 Å². The fourth-order valence-corrected chi connectivity index (χ4v) is 6.55. The minimum atomic E-state index is -0.271. The highest BCUT2D eigenvalue weighted by molar-refractivity contribution is 5.76. The van der Waals surface area contributed by atoms with Crippen molar-refractivity contribution >= 4 is 11.7 Å². The zero-order valence-electron chi connectivity index (χ0n) is 24.6. The Labute approximate surface area is 239 Å². The Balaban J connectivity index is 1.53. The smallest absolute Gasteiger partial charge is 0.231 e. The van der Waals surface area contributed by atoms with Crippen molar-refractivity contribution in [3.05, 3.63) is 76.0 Å². The highest BCUT2D eigenvalue weighted by atomic mass is 16.1. The fourth-order valence-electron chi connectivity index (χ4n) is 6.55. The predicted molar refractivity (Wildman–Crippen MR) is 162 cm³/mol. The minimum absolute atomic E-state index is 0.271. The molecule has 1 aromatic heterocycles. The van der Waals surface area contributed by atoms with Gasteiger partial charge in [-0.15, -0.1) is 0 Å². The maximum absolute atomic E-state index is 11.5. The van der Waals surface area contributed by atoms with Crippen LogP contribution in [0.3, 0.4) is 0 Å². The third kappa shape index (κ3) is 5.91. The van der Waals surface area contributed by atoms with Crippen molar-refractivity contribution in [3.63, 3.8) is 0 Å². The molecule has 1 aliphatic heterocycles. The number of rotatable bonds is 9. The molecular formula is C33H44N6O. The molecule has 7 nitrogen and oxygen atoms in total. The van der Waals surface area contributed by atoms with Crippen molar-refractivity contribution in [2.75, 3.05) is 44.7 Å². The second-order valence-electron chi connectivity index (χ2n) is 11.3. The first-order valence-electron chi connectivity index (χ1n) is 14.9. The van der Waals surface area contributed by atoms with Gasteiger partial charge >= 0.3 is 0 Å². The van der Waals surface area contributed by atoms with Gasteiger partial charge in [0.25, 0.3) is 0 Å². The van der Waals surface area contributed by atoms with Gasteiger partial charge in [-0.05, 0) is 68.3 Å². The highest BCUT2D eigenvalue weighted by Crippen LogP contribution is 2.36. The highest BCUT2D eigenvalue weighted by Gasteiger charge is 2.28. The number of nitrogens with zero attached hydrogens (tertiary/aromatic N) is 5. The van der Waals surface area contributed by atoms with E-state index >= 15 is 0 Å². The van der Waals surface area contributed by atoms with Crippen molar-refractivity contribution in [2.24, 2.45) is 5.73 Å². The minimum Gasteiger partial charge on any atom is -0.369 e. The third-order valence-corrected chi connectivity index (χ3v) is 8.74.